The Morgan fingerprint density at radius 1 is 0.507 bits per heavy atom. The number of rotatable bonds is 19. The van der Waals surface area contributed by atoms with Crippen LogP contribution in [0.2, 0.25) is 0 Å². The first-order valence-electron chi connectivity index (χ1n) is 25.8. The van der Waals surface area contributed by atoms with Gasteiger partial charge in [0.25, 0.3) is 0 Å². The van der Waals surface area contributed by atoms with Gasteiger partial charge in [-0.3, -0.25) is 14.5 Å². The van der Waals surface area contributed by atoms with Gasteiger partial charge in [-0.05, 0) is 141 Å². The molecule has 3 saturated carbocycles. The van der Waals surface area contributed by atoms with Crippen LogP contribution < -0.4 is 32.4 Å². The third-order valence-corrected chi connectivity index (χ3v) is 14.2. The van der Waals surface area contributed by atoms with Gasteiger partial charge in [0.15, 0.2) is 0 Å². The molecule has 0 aromatic heterocycles. The first kappa shape index (κ1) is 61.9. The summed E-state index contributed by atoms with van der Waals surface area (Å²) in [6.45, 7) is 29.6. The molecule has 73 heavy (non-hydrogen) atoms. The van der Waals surface area contributed by atoms with Gasteiger partial charge < -0.3 is 40.8 Å². The van der Waals surface area contributed by atoms with Crippen LogP contribution in [-0.2, 0) is 28.7 Å². The highest BCUT2D eigenvalue weighted by atomic mass is 16.7. The molecule has 416 valence electrons. The second kappa shape index (κ2) is 25.7. The van der Waals surface area contributed by atoms with Gasteiger partial charge in [0, 0.05) is 28.7 Å². The third kappa shape index (κ3) is 20.8. The summed E-state index contributed by atoms with van der Waals surface area (Å²) in [5, 5.41) is 27.4. The van der Waals surface area contributed by atoms with Crippen LogP contribution in [0.5, 0.6) is 0 Å². The molecule has 3 aliphatic carbocycles. The molecule has 22 nitrogen and oxygen atoms in total. The van der Waals surface area contributed by atoms with Crippen molar-refractivity contribution >= 4 is 53.7 Å². The van der Waals surface area contributed by atoms with E-state index in [9.17, 15) is 28.8 Å². The second-order valence-corrected chi connectivity index (χ2v) is 24.3. The fourth-order valence-electron chi connectivity index (χ4n) is 11.2. The zero-order chi connectivity index (χ0) is 55.2. The van der Waals surface area contributed by atoms with E-state index in [1.165, 1.54) is 0 Å². The molecule has 0 radical (unpaired) electrons. The van der Waals surface area contributed by atoms with Crippen molar-refractivity contribution in [2.75, 3.05) is 19.8 Å². The number of hydrogen-bond acceptors (Lipinski definition) is 16. The summed E-state index contributed by atoms with van der Waals surface area (Å²) in [5.41, 5.74) is -2.64. The first-order chi connectivity index (χ1) is 33.7. The van der Waals surface area contributed by atoms with Crippen LogP contribution in [0, 0.1) is 21.7 Å². The number of nitrogens with two attached hydrogens (primary N) is 1. The van der Waals surface area contributed by atoms with Crippen molar-refractivity contribution in [2.24, 2.45) is 43.0 Å². The molecule has 0 aliphatic heterocycles. The smallest absolute Gasteiger partial charge is 0.433 e. The maximum absolute atomic E-state index is 14.0. The predicted molar refractivity (Wildman–Crippen MR) is 278 cm³/mol. The van der Waals surface area contributed by atoms with Crippen molar-refractivity contribution in [1.82, 2.24) is 31.6 Å². The Bertz CT molecular complexity index is 1950. The monoisotopic (exact) mass is 1030 g/mol. The lowest BCUT2D eigenvalue weighted by molar-refractivity contribution is -0.0331. The molecule has 22 heteroatoms. The Morgan fingerprint density at radius 2 is 0.836 bits per heavy atom. The molecule has 0 saturated heterocycles. The SMILES string of the molecule is CCC(C)=NOC(=O)NC1(C)CC(NC(=O)OCC(CC)(COC(=O)NC2CC(C)(C)CC(C)(NC(=O)ON=C(C)CC)C2)COC(=O)N(N)C2CC(C)(C)CC(C)(NC(=O)ON=C(C)CC)C2)CC(C)(C)C1. The van der Waals surface area contributed by atoms with E-state index in [1.807, 2.05) is 83.1 Å². The molecule has 6 atom stereocenters. The van der Waals surface area contributed by atoms with Crippen molar-refractivity contribution < 1.29 is 57.5 Å². The van der Waals surface area contributed by atoms with E-state index >= 15 is 0 Å². The average Bonchev–Trinajstić information content (AvgIpc) is 3.26. The quantitative estimate of drug-likeness (QED) is 0.0176. The van der Waals surface area contributed by atoms with Gasteiger partial charge in [0.1, 0.15) is 19.8 Å². The molecule has 3 fully saturated rings. The van der Waals surface area contributed by atoms with Crippen LogP contribution in [0.1, 0.15) is 194 Å². The van der Waals surface area contributed by atoms with Crippen LogP contribution in [0.3, 0.4) is 0 Å². The molecule has 3 rings (SSSR count). The number of oxime groups is 3. The fraction of sp³-hybridized carbons (Fsp3) is 0.824. The van der Waals surface area contributed by atoms with Crippen molar-refractivity contribution in [3.8, 4) is 0 Å². The molecule has 0 aromatic carbocycles. The summed E-state index contributed by atoms with van der Waals surface area (Å²) < 4.78 is 17.7. The van der Waals surface area contributed by atoms with Crippen LogP contribution in [0.4, 0.5) is 28.8 Å². The topological polar surface area (TPSA) is 284 Å². The molecular formula is C51H90N10O12. The number of ether oxygens (including phenoxy) is 3. The van der Waals surface area contributed by atoms with Crippen LogP contribution in [0.25, 0.3) is 0 Å². The summed E-state index contributed by atoms with van der Waals surface area (Å²) in [4.78, 5) is 95.2. The minimum Gasteiger partial charge on any atom is -0.449 e. The Balaban J connectivity index is 1.82. The molecule has 7 N–H and O–H groups in total. The maximum Gasteiger partial charge on any atom is 0.433 e. The summed E-state index contributed by atoms with van der Waals surface area (Å²) in [6, 6.07) is -1.42. The Hall–Kier alpha value is -5.41. The van der Waals surface area contributed by atoms with Crippen LogP contribution in [0.15, 0.2) is 15.5 Å². The normalized spacial score (nSPS) is 27.6. The molecule has 6 unspecified atom stereocenters. The lowest BCUT2D eigenvalue weighted by atomic mass is 9.66. The molecular weight excluding hydrogens is 945 g/mol. The highest BCUT2D eigenvalue weighted by Gasteiger charge is 2.48. The van der Waals surface area contributed by atoms with Crippen molar-refractivity contribution in [3.63, 3.8) is 0 Å². The summed E-state index contributed by atoms with van der Waals surface area (Å²) >= 11 is 0. The van der Waals surface area contributed by atoms with Gasteiger partial charge in [0.05, 0.1) is 28.6 Å². The van der Waals surface area contributed by atoms with E-state index in [-0.39, 0.29) is 48.9 Å². The van der Waals surface area contributed by atoms with E-state index in [2.05, 4.69) is 42.1 Å². The molecule has 0 aromatic rings. The number of amides is 6. The fourth-order valence-corrected chi connectivity index (χ4v) is 11.2. The minimum absolute atomic E-state index is 0.215. The number of hydrazine groups is 1. The summed E-state index contributed by atoms with van der Waals surface area (Å²) in [6.07, 6.45) is 1.96. The number of carbonyl (C=O) groups is 6. The van der Waals surface area contributed by atoms with Crippen LogP contribution >= 0.6 is 0 Å². The van der Waals surface area contributed by atoms with Gasteiger partial charge in [-0.25, -0.2) is 39.6 Å². The Kier molecular flexibility index (Phi) is 21.8. The van der Waals surface area contributed by atoms with Crippen molar-refractivity contribution in [3.05, 3.63) is 0 Å². The van der Waals surface area contributed by atoms with Gasteiger partial charge >= 0.3 is 36.6 Å². The number of nitrogens with one attached hydrogen (secondary N) is 5. The number of nitrogens with zero attached hydrogens (tertiary/aromatic N) is 4. The summed E-state index contributed by atoms with van der Waals surface area (Å²) in [5.74, 6) is 6.55. The van der Waals surface area contributed by atoms with Gasteiger partial charge in [-0.2, -0.15) is 0 Å². The van der Waals surface area contributed by atoms with Gasteiger partial charge in [-0.15, -0.1) is 0 Å². The van der Waals surface area contributed by atoms with E-state index in [1.54, 1.807) is 27.7 Å². The number of carbonyl (C=O) groups excluding carboxylic acids is 6. The molecule has 3 aliphatic rings. The Labute approximate surface area is 433 Å². The highest BCUT2D eigenvalue weighted by Crippen LogP contribution is 2.44. The van der Waals surface area contributed by atoms with E-state index in [4.69, 9.17) is 34.6 Å². The average molecular weight is 1040 g/mol. The lowest BCUT2D eigenvalue weighted by Gasteiger charge is -2.48. The van der Waals surface area contributed by atoms with E-state index < -0.39 is 76.7 Å². The lowest BCUT2D eigenvalue weighted by Crippen LogP contribution is -2.60. The highest BCUT2D eigenvalue weighted by molar-refractivity contribution is 5.83. The largest absolute Gasteiger partial charge is 0.449 e. The number of hydrogen-bond donors (Lipinski definition) is 6. The van der Waals surface area contributed by atoms with Gasteiger partial charge in [-0.1, -0.05) is 84.7 Å². The second-order valence-electron chi connectivity index (χ2n) is 24.3. The Morgan fingerprint density at radius 3 is 1.18 bits per heavy atom. The molecule has 6 amide bonds. The van der Waals surface area contributed by atoms with Crippen molar-refractivity contribution in [1.29, 1.82) is 0 Å². The summed E-state index contributed by atoms with van der Waals surface area (Å²) in [7, 11) is 0. The molecule has 0 bridgehead atoms. The zero-order valence-electron chi connectivity index (χ0n) is 46.8. The molecule has 0 heterocycles. The number of alkyl carbamates (subject to hydrolysis) is 2. The standard InChI is InChI=1S/C51H90N10O12/c1-17-33(5)58-71-41(64)55-48(14)23-36(21-45(8,9)27-48)53-39(62)68-30-51(20-4,31-69-40(63)54-37-22-46(10,11)28-49(15,24-37)56-42(65)72-59-34(6)18-2)32-70-44(67)61(52)38-25-47(12,13)29-50(16,26-38)57-43(66)73-60-35(7)19-3/h36-38H,17-32,52H2,1-16H3,(H,53,62)(H,54,63)(H,55,64)(H,56,65)(H,57,66). The first-order valence-corrected chi connectivity index (χ1v) is 25.8. The predicted octanol–water partition coefficient (Wildman–Crippen LogP) is 9.70. The molecule has 0 spiro atoms. The van der Waals surface area contributed by atoms with E-state index in [0.29, 0.717) is 87.8 Å². The minimum atomic E-state index is -1.26. The third-order valence-electron chi connectivity index (χ3n) is 14.2. The van der Waals surface area contributed by atoms with Gasteiger partial charge in [0.2, 0.25) is 0 Å². The van der Waals surface area contributed by atoms with E-state index in [0.717, 1.165) is 5.01 Å². The maximum atomic E-state index is 14.0. The van der Waals surface area contributed by atoms with Crippen LogP contribution in [-0.4, -0.2) is 113 Å². The zero-order valence-corrected chi connectivity index (χ0v) is 46.8. The van der Waals surface area contributed by atoms with Crippen molar-refractivity contribution in [2.45, 2.75) is 229 Å².